The van der Waals surface area contributed by atoms with Gasteiger partial charge in [-0.1, -0.05) is 6.08 Å². The number of hydrogen-bond donors (Lipinski definition) is 2. The van der Waals surface area contributed by atoms with Gasteiger partial charge in [-0.3, -0.25) is 0 Å². The lowest BCUT2D eigenvalue weighted by Crippen LogP contribution is -2.34. The molecule has 2 heteroatoms. The van der Waals surface area contributed by atoms with Gasteiger partial charge in [0.2, 0.25) is 0 Å². The van der Waals surface area contributed by atoms with Crippen molar-refractivity contribution in [1.82, 2.24) is 10.6 Å². The fraction of sp³-hybridized carbons (Fsp3) is 0.667. The first-order valence-electron chi connectivity index (χ1n) is 3.09. The lowest BCUT2D eigenvalue weighted by Gasteiger charge is -2.17. The molecule has 0 aliphatic carbocycles. The molecule has 0 saturated carbocycles. The van der Waals surface area contributed by atoms with Gasteiger partial charge in [-0.2, -0.15) is 0 Å². The van der Waals surface area contributed by atoms with E-state index in [0.29, 0.717) is 0 Å². The van der Waals surface area contributed by atoms with Gasteiger partial charge in [0.05, 0.1) is 0 Å². The molecule has 2 aliphatic rings. The Morgan fingerprint density at radius 1 is 1.50 bits per heavy atom. The van der Waals surface area contributed by atoms with Crippen LogP contribution in [0.25, 0.3) is 0 Å². The Labute approximate surface area is 49.0 Å². The minimum absolute atomic E-state index is 0.729. The van der Waals surface area contributed by atoms with Crippen molar-refractivity contribution >= 4 is 0 Å². The summed E-state index contributed by atoms with van der Waals surface area (Å²) >= 11 is 0. The summed E-state index contributed by atoms with van der Waals surface area (Å²) in [6.45, 7) is 3.44. The summed E-state index contributed by atoms with van der Waals surface area (Å²) in [6.07, 6.45) is 2.33. The summed E-state index contributed by atoms with van der Waals surface area (Å²) in [5, 5.41) is 6.43. The molecule has 8 heavy (non-hydrogen) atoms. The van der Waals surface area contributed by atoms with E-state index < -0.39 is 0 Å². The van der Waals surface area contributed by atoms with E-state index in [0.717, 1.165) is 19.1 Å². The monoisotopic (exact) mass is 110 g/mol. The zero-order chi connectivity index (χ0) is 5.40. The summed E-state index contributed by atoms with van der Waals surface area (Å²) in [6, 6.07) is 0.729. The van der Waals surface area contributed by atoms with Crippen molar-refractivity contribution in [3.8, 4) is 0 Å². The molecule has 0 aromatic heterocycles. The van der Waals surface area contributed by atoms with Crippen LogP contribution in [0.5, 0.6) is 0 Å². The molecular weight excluding hydrogens is 100 g/mol. The molecule has 2 N–H and O–H groups in total. The Hall–Kier alpha value is -0.340. The minimum atomic E-state index is 0.729. The van der Waals surface area contributed by atoms with Gasteiger partial charge in [0.1, 0.15) is 0 Å². The molecule has 1 atom stereocenters. The highest BCUT2D eigenvalue weighted by molar-refractivity contribution is 5.20. The van der Waals surface area contributed by atoms with Crippen LogP contribution in [-0.4, -0.2) is 25.7 Å². The van der Waals surface area contributed by atoms with Gasteiger partial charge >= 0.3 is 0 Å². The van der Waals surface area contributed by atoms with Crippen LogP contribution in [0.1, 0.15) is 0 Å². The van der Waals surface area contributed by atoms with Crippen molar-refractivity contribution in [3.63, 3.8) is 0 Å². The number of hydrogen-bond acceptors (Lipinski definition) is 2. The zero-order valence-corrected chi connectivity index (χ0v) is 4.78. The van der Waals surface area contributed by atoms with Crippen LogP contribution in [0.3, 0.4) is 0 Å². The highest BCUT2D eigenvalue weighted by Crippen LogP contribution is 2.06. The predicted octanol–water partition coefficient (Wildman–Crippen LogP) is -0.512. The quantitative estimate of drug-likeness (QED) is 0.352. The third-order valence-electron chi connectivity index (χ3n) is 1.58. The van der Waals surface area contributed by atoms with E-state index in [-0.39, 0.29) is 0 Å². The topological polar surface area (TPSA) is 34.0 Å². The van der Waals surface area contributed by atoms with Gasteiger partial charge in [-0.15, -0.1) is 0 Å². The zero-order valence-electron chi connectivity index (χ0n) is 4.78. The van der Waals surface area contributed by atoms with Crippen LogP contribution in [0.2, 0.25) is 0 Å². The highest BCUT2D eigenvalue weighted by Gasteiger charge is 2.19. The second kappa shape index (κ2) is 1.57. The Balaban J connectivity index is 1.91. The van der Waals surface area contributed by atoms with Crippen molar-refractivity contribution in [2.45, 2.75) is 6.04 Å². The normalized spacial score (nSPS) is 34.0. The van der Waals surface area contributed by atoms with E-state index in [2.05, 4.69) is 16.7 Å². The maximum absolute atomic E-state index is 3.23. The molecule has 2 rings (SSSR count). The summed E-state index contributed by atoms with van der Waals surface area (Å²) in [5.41, 5.74) is 1.57. The van der Waals surface area contributed by atoms with Crippen molar-refractivity contribution in [2.75, 3.05) is 19.6 Å². The molecule has 0 spiro atoms. The van der Waals surface area contributed by atoms with Gasteiger partial charge in [0.15, 0.2) is 0 Å². The first-order chi connectivity index (χ1) is 3.95. The average Bonchev–Trinajstić information content (AvgIpc) is 2.36. The van der Waals surface area contributed by atoms with E-state index in [1.54, 1.807) is 5.57 Å². The molecule has 1 unspecified atom stereocenters. The third-order valence-corrected chi connectivity index (χ3v) is 1.58. The van der Waals surface area contributed by atoms with E-state index >= 15 is 0 Å². The van der Waals surface area contributed by atoms with Crippen molar-refractivity contribution in [2.24, 2.45) is 0 Å². The Bertz CT molecular complexity index is 118. The van der Waals surface area contributed by atoms with Crippen LogP contribution in [0.4, 0.5) is 0 Å². The average molecular weight is 110 g/mol. The van der Waals surface area contributed by atoms with E-state index in [1.807, 2.05) is 0 Å². The summed E-state index contributed by atoms with van der Waals surface area (Å²) in [7, 11) is 0. The fourth-order valence-corrected chi connectivity index (χ4v) is 0.858. The largest absolute Gasteiger partial charge is 0.309 e. The number of nitrogens with one attached hydrogen (secondary N) is 2. The van der Waals surface area contributed by atoms with Crippen molar-refractivity contribution in [1.29, 1.82) is 0 Å². The van der Waals surface area contributed by atoms with Crippen LogP contribution in [0, 0.1) is 0 Å². The van der Waals surface area contributed by atoms with Crippen LogP contribution in [0.15, 0.2) is 11.6 Å². The molecule has 0 aromatic carbocycles. The van der Waals surface area contributed by atoms with E-state index in [1.165, 1.54) is 6.54 Å². The maximum atomic E-state index is 3.23. The SMILES string of the molecule is C(=C1CNC1)C1CN1. The molecule has 2 saturated heterocycles. The second-order valence-corrected chi connectivity index (χ2v) is 2.44. The third kappa shape index (κ3) is 0.767. The predicted molar refractivity (Wildman–Crippen MR) is 32.7 cm³/mol. The molecule has 44 valence electrons. The molecule has 0 amide bonds. The smallest absolute Gasteiger partial charge is 0.0380 e. The lowest BCUT2D eigenvalue weighted by atomic mass is 10.1. The van der Waals surface area contributed by atoms with E-state index in [9.17, 15) is 0 Å². The first kappa shape index (κ1) is 4.53. The molecule has 0 bridgehead atoms. The van der Waals surface area contributed by atoms with Gasteiger partial charge < -0.3 is 10.6 Å². The Morgan fingerprint density at radius 2 is 2.25 bits per heavy atom. The Morgan fingerprint density at radius 3 is 2.62 bits per heavy atom. The van der Waals surface area contributed by atoms with Gasteiger partial charge in [-0.05, 0) is 5.57 Å². The van der Waals surface area contributed by atoms with Crippen LogP contribution < -0.4 is 10.6 Å². The second-order valence-electron chi connectivity index (χ2n) is 2.44. The van der Waals surface area contributed by atoms with Crippen molar-refractivity contribution < 1.29 is 0 Å². The standard InChI is InChI=1S/C6H10N2/c1(6-4-8-6)5-2-7-3-5/h1,6-8H,2-4H2. The number of rotatable bonds is 1. The molecule has 2 aliphatic heterocycles. The molecule has 0 aromatic rings. The van der Waals surface area contributed by atoms with Gasteiger partial charge in [0, 0.05) is 25.7 Å². The highest BCUT2D eigenvalue weighted by atomic mass is 15.1. The Kier molecular flexibility index (Phi) is 0.889. The fourth-order valence-electron chi connectivity index (χ4n) is 0.858. The summed E-state index contributed by atoms with van der Waals surface area (Å²) in [4.78, 5) is 0. The molecular formula is C6H10N2. The first-order valence-corrected chi connectivity index (χ1v) is 3.09. The molecule has 2 heterocycles. The van der Waals surface area contributed by atoms with Crippen molar-refractivity contribution in [3.05, 3.63) is 11.6 Å². The minimum Gasteiger partial charge on any atom is -0.309 e. The maximum Gasteiger partial charge on any atom is 0.0380 e. The van der Waals surface area contributed by atoms with Crippen LogP contribution >= 0.6 is 0 Å². The van der Waals surface area contributed by atoms with E-state index in [4.69, 9.17) is 0 Å². The molecule has 0 radical (unpaired) electrons. The summed E-state index contributed by atoms with van der Waals surface area (Å²) in [5.74, 6) is 0. The van der Waals surface area contributed by atoms with Crippen LogP contribution in [-0.2, 0) is 0 Å². The molecule has 2 nitrogen and oxygen atoms in total. The van der Waals surface area contributed by atoms with Gasteiger partial charge in [-0.25, -0.2) is 0 Å². The summed E-state index contributed by atoms with van der Waals surface area (Å²) < 4.78 is 0. The van der Waals surface area contributed by atoms with Gasteiger partial charge in [0.25, 0.3) is 0 Å². The molecule has 2 fully saturated rings. The lowest BCUT2D eigenvalue weighted by molar-refractivity contribution is 0.664.